The number of piperidine rings is 1. The van der Waals surface area contributed by atoms with Crippen molar-refractivity contribution in [2.45, 2.75) is 46.1 Å². The number of halogens is 1. The van der Waals surface area contributed by atoms with Crippen LogP contribution in [0.5, 0.6) is 0 Å². The number of aryl methyl sites for hydroxylation is 2. The van der Waals surface area contributed by atoms with E-state index in [2.05, 4.69) is 20.2 Å². The molecule has 1 aliphatic carbocycles. The number of rotatable bonds is 2. The molecule has 0 N–H and O–H groups in total. The number of aromatic nitrogens is 6. The molecule has 1 aliphatic heterocycles. The summed E-state index contributed by atoms with van der Waals surface area (Å²) in [6.07, 6.45) is 3.32. The number of carbonyl (C=O) groups is 1. The lowest BCUT2D eigenvalue weighted by atomic mass is 10.1. The fourth-order valence-electron chi connectivity index (χ4n) is 5.01. The number of likely N-dealkylation sites (tertiary alicyclic amines) is 1. The van der Waals surface area contributed by atoms with Crippen molar-refractivity contribution in [2.75, 3.05) is 13.1 Å². The van der Waals surface area contributed by atoms with E-state index >= 15 is 4.39 Å². The normalized spacial score (nSPS) is 21.9. The molecule has 2 aliphatic rings. The van der Waals surface area contributed by atoms with Gasteiger partial charge in [0.05, 0.1) is 17.6 Å². The minimum Gasteiger partial charge on any atom is -0.444 e. The second-order valence-electron chi connectivity index (χ2n) is 10.4. The van der Waals surface area contributed by atoms with Gasteiger partial charge in [0.25, 0.3) is 0 Å². The molecule has 1 amide bonds. The van der Waals surface area contributed by atoms with Gasteiger partial charge in [-0.05, 0) is 64.2 Å². The van der Waals surface area contributed by atoms with Crippen LogP contribution >= 0.6 is 0 Å². The SMILES string of the molecule is Cc1cn2nc(-c3cc(F)c4nc(C5[C@H]6CN(C(=O)OC(C)(C)C)C[C@@H]56)nn4c3)cc(C)c2n1. The Hall–Kier alpha value is -3.56. The molecule has 1 saturated heterocycles. The lowest BCUT2D eigenvalue weighted by Crippen LogP contribution is -2.36. The van der Waals surface area contributed by atoms with Gasteiger partial charge in [0, 0.05) is 30.8 Å². The molecule has 34 heavy (non-hydrogen) atoms. The van der Waals surface area contributed by atoms with Gasteiger partial charge in [-0.1, -0.05) is 0 Å². The van der Waals surface area contributed by atoms with Crippen LogP contribution in [0.15, 0.2) is 24.5 Å². The van der Waals surface area contributed by atoms with Gasteiger partial charge in [-0.15, -0.1) is 0 Å². The number of imidazole rings is 1. The zero-order chi connectivity index (χ0) is 23.9. The number of fused-ring (bicyclic) bond motifs is 3. The Morgan fingerprint density at radius 3 is 2.44 bits per heavy atom. The summed E-state index contributed by atoms with van der Waals surface area (Å²) in [4.78, 5) is 23.1. The van der Waals surface area contributed by atoms with Gasteiger partial charge in [0.1, 0.15) is 5.60 Å². The highest BCUT2D eigenvalue weighted by Crippen LogP contribution is 2.57. The first-order valence-electron chi connectivity index (χ1n) is 11.4. The molecular formula is C24H26FN7O2. The van der Waals surface area contributed by atoms with Gasteiger partial charge >= 0.3 is 6.09 Å². The van der Waals surface area contributed by atoms with Gasteiger partial charge in [0.15, 0.2) is 22.9 Å². The zero-order valence-electron chi connectivity index (χ0n) is 19.8. The van der Waals surface area contributed by atoms with Crippen LogP contribution in [0.3, 0.4) is 0 Å². The fraction of sp³-hybridized carbons (Fsp3) is 0.458. The Labute approximate surface area is 195 Å². The largest absolute Gasteiger partial charge is 0.444 e. The Morgan fingerprint density at radius 2 is 1.74 bits per heavy atom. The summed E-state index contributed by atoms with van der Waals surface area (Å²) in [5.41, 5.74) is 3.54. The predicted octanol–water partition coefficient (Wildman–Crippen LogP) is 3.78. The molecule has 2 fully saturated rings. The first kappa shape index (κ1) is 21.0. The molecule has 0 radical (unpaired) electrons. The van der Waals surface area contributed by atoms with Crippen LogP contribution in [0.25, 0.3) is 22.6 Å². The molecule has 0 spiro atoms. The van der Waals surface area contributed by atoms with Crippen molar-refractivity contribution in [1.82, 2.24) is 34.1 Å². The molecule has 4 aromatic rings. The van der Waals surface area contributed by atoms with Gasteiger partial charge < -0.3 is 9.64 Å². The summed E-state index contributed by atoms with van der Waals surface area (Å²) in [7, 11) is 0. The predicted molar refractivity (Wildman–Crippen MR) is 122 cm³/mol. The monoisotopic (exact) mass is 463 g/mol. The first-order chi connectivity index (χ1) is 16.1. The number of hydrogen-bond acceptors (Lipinski definition) is 6. The second kappa shape index (κ2) is 6.97. The van der Waals surface area contributed by atoms with Gasteiger partial charge in [0.2, 0.25) is 0 Å². The smallest absolute Gasteiger partial charge is 0.410 e. The topological polar surface area (TPSA) is 89.9 Å². The second-order valence-corrected chi connectivity index (χ2v) is 10.4. The molecule has 9 nitrogen and oxygen atoms in total. The molecule has 0 bridgehead atoms. The Kier molecular flexibility index (Phi) is 4.31. The van der Waals surface area contributed by atoms with Crippen molar-refractivity contribution in [3.05, 3.63) is 47.4 Å². The molecule has 4 aromatic heterocycles. The van der Waals surface area contributed by atoms with Crippen LogP contribution in [0, 0.1) is 31.5 Å². The fourth-order valence-corrected chi connectivity index (χ4v) is 5.01. The van der Waals surface area contributed by atoms with Crippen LogP contribution in [-0.2, 0) is 4.74 Å². The Morgan fingerprint density at radius 1 is 1.03 bits per heavy atom. The van der Waals surface area contributed by atoms with Crippen molar-refractivity contribution in [1.29, 1.82) is 0 Å². The molecule has 10 heteroatoms. The molecule has 5 heterocycles. The highest BCUT2D eigenvalue weighted by atomic mass is 19.1. The molecule has 6 rings (SSSR count). The van der Waals surface area contributed by atoms with E-state index in [4.69, 9.17) is 4.74 Å². The van der Waals surface area contributed by atoms with Crippen LogP contribution < -0.4 is 0 Å². The summed E-state index contributed by atoms with van der Waals surface area (Å²) < 4.78 is 23.7. The summed E-state index contributed by atoms with van der Waals surface area (Å²) in [6, 6.07) is 3.35. The van der Waals surface area contributed by atoms with E-state index in [1.807, 2.05) is 46.9 Å². The van der Waals surface area contributed by atoms with Crippen LogP contribution in [0.2, 0.25) is 0 Å². The molecule has 1 saturated carbocycles. The summed E-state index contributed by atoms with van der Waals surface area (Å²) in [5.74, 6) is 0.873. The number of amides is 1. The van der Waals surface area contributed by atoms with E-state index in [9.17, 15) is 4.79 Å². The average Bonchev–Trinajstić information content (AvgIpc) is 3.13. The summed E-state index contributed by atoms with van der Waals surface area (Å²) in [5, 5.41) is 9.21. The van der Waals surface area contributed by atoms with E-state index in [-0.39, 0.29) is 29.5 Å². The van der Waals surface area contributed by atoms with E-state index in [0.29, 0.717) is 30.2 Å². The molecule has 3 atom stereocenters. The number of pyridine rings is 1. The number of nitrogens with zero attached hydrogens (tertiary/aromatic N) is 7. The molecule has 1 unspecified atom stereocenters. The van der Waals surface area contributed by atoms with Crippen molar-refractivity contribution in [2.24, 2.45) is 11.8 Å². The minimum atomic E-state index is -0.518. The molecule has 176 valence electrons. The average molecular weight is 464 g/mol. The highest BCUT2D eigenvalue weighted by Gasteiger charge is 2.59. The third-order valence-electron chi connectivity index (χ3n) is 6.57. The van der Waals surface area contributed by atoms with Crippen molar-refractivity contribution in [3.8, 4) is 11.3 Å². The Bertz CT molecular complexity index is 1460. The van der Waals surface area contributed by atoms with E-state index in [0.717, 1.165) is 16.9 Å². The maximum absolute atomic E-state index is 15.0. The van der Waals surface area contributed by atoms with Crippen LogP contribution in [-0.4, -0.2) is 58.9 Å². The van der Waals surface area contributed by atoms with Crippen molar-refractivity contribution in [3.63, 3.8) is 0 Å². The van der Waals surface area contributed by atoms with Gasteiger partial charge in [-0.2, -0.15) is 10.2 Å². The minimum absolute atomic E-state index is 0.132. The van der Waals surface area contributed by atoms with Crippen molar-refractivity contribution < 1.29 is 13.9 Å². The maximum atomic E-state index is 15.0. The molecule has 0 aromatic carbocycles. The van der Waals surface area contributed by atoms with E-state index in [1.54, 1.807) is 15.6 Å². The highest BCUT2D eigenvalue weighted by molar-refractivity contribution is 5.69. The van der Waals surface area contributed by atoms with E-state index in [1.165, 1.54) is 10.6 Å². The van der Waals surface area contributed by atoms with Crippen LogP contribution in [0.4, 0.5) is 9.18 Å². The van der Waals surface area contributed by atoms with E-state index < -0.39 is 11.4 Å². The number of ether oxygens (including phenoxy) is 1. The number of hydrogen-bond donors (Lipinski definition) is 0. The third kappa shape index (κ3) is 3.39. The lowest BCUT2D eigenvalue weighted by Gasteiger charge is -2.25. The van der Waals surface area contributed by atoms with Gasteiger partial charge in [-0.3, -0.25) is 0 Å². The molecular weight excluding hydrogens is 437 g/mol. The third-order valence-corrected chi connectivity index (χ3v) is 6.57. The zero-order valence-corrected chi connectivity index (χ0v) is 19.8. The Balaban J connectivity index is 1.26. The maximum Gasteiger partial charge on any atom is 0.410 e. The lowest BCUT2D eigenvalue weighted by molar-refractivity contribution is 0.0270. The first-order valence-corrected chi connectivity index (χ1v) is 11.4. The van der Waals surface area contributed by atoms with Crippen molar-refractivity contribution >= 4 is 17.4 Å². The van der Waals surface area contributed by atoms with Gasteiger partial charge in [-0.25, -0.2) is 28.2 Å². The van der Waals surface area contributed by atoms with Crippen LogP contribution in [0.1, 0.15) is 43.8 Å². The quantitative estimate of drug-likeness (QED) is 0.450. The summed E-state index contributed by atoms with van der Waals surface area (Å²) >= 11 is 0. The standard InChI is InChI=1S/C24H26FN7O2/c1-12-6-18(28-31-8-13(2)26-21(12)31)14-7-17(25)22-27-20(29-32(22)9-14)19-15-10-30(11-16(15)19)23(33)34-24(3,4)5/h6-9,15-16,19H,10-11H2,1-5H3/t15-,16+,19?. The summed E-state index contributed by atoms with van der Waals surface area (Å²) in [6.45, 7) is 10.7. The number of carbonyl (C=O) groups excluding carboxylic acids is 1.